The molecule has 4 rings (SSSR count). The number of fused-ring (bicyclic) bond motifs is 2. The Morgan fingerprint density at radius 3 is 2.28 bits per heavy atom. The van der Waals surface area contributed by atoms with Gasteiger partial charge < -0.3 is 30.1 Å². The van der Waals surface area contributed by atoms with Crippen LogP contribution in [0.3, 0.4) is 0 Å². The van der Waals surface area contributed by atoms with E-state index in [0.717, 1.165) is 27.2 Å². The Labute approximate surface area is 310 Å². The topological polar surface area (TPSA) is 166 Å². The number of hydrazine groups is 1. The van der Waals surface area contributed by atoms with Crippen LogP contribution in [-0.4, -0.2) is 103 Å². The van der Waals surface area contributed by atoms with Crippen LogP contribution in [-0.2, 0) is 25.6 Å². The highest BCUT2D eigenvalue weighted by Gasteiger charge is 2.34. The number of unbranched alkanes of at least 4 members (excludes halogenated alkanes) is 1. The maximum absolute atomic E-state index is 14.6. The molecule has 0 unspecified atom stereocenters. The number of hydrogen-bond donors (Lipinski definition) is 4. The van der Waals surface area contributed by atoms with Gasteiger partial charge in [0.05, 0.1) is 23.8 Å². The van der Waals surface area contributed by atoms with Crippen LogP contribution in [0.15, 0.2) is 79.0 Å². The lowest BCUT2D eigenvalue weighted by molar-refractivity contribution is -0.179. The molecule has 0 spiro atoms. The lowest BCUT2D eigenvalue weighted by Gasteiger charge is -2.37. The molecular weight excluding hydrogens is 678 g/mol. The molecule has 0 radical (unpaired) electrons. The Hall–Kier alpha value is -5.31. The maximum Gasteiger partial charge on any atom is 0.404 e. The summed E-state index contributed by atoms with van der Waals surface area (Å²) in [6, 6.07) is 21.0. The molecule has 1 aromatic heterocycles. The average molecular weight is 730 g/mol. The van der Waals surface area contributed by atoms with Crippen molar-refractivity contribution in [1.82, 2.24) is 31.0 Å². The molecule has 1 heterocycles. The largest absolute Gasteiger partial charge is 0.465 e. The maximum atomic E-state index is 14.6. The zero-order valence-electron chi connectivity index (χ0n) is 31.1. The van der Waals surface area contributed by atoms with Gasteiger partial charge in [-0.2, -0.15) is 0 Å². The highest BCUT2D eigenvalue weighted by Crippen LogP contribution is 2.26. The van der Waals surface area contributed by atoms with Gasteiger partial charge in [-0.1, -0.05) is 60.7 Å². The molecule has 0 saturated heterocycles. The van der Waals surface area contributed by atoms with E-state index in [0.29, 0.717) is 31.7 Å². The van der Waals surface area contributed by atoms with E-state index in [2.05, 4.69) is 21.0 Å². The number of urea groups is 1. The number of hydrogen-bond acceptors (Lipinski definition) is 8. The number of anilines is 1. The summed E-state index contributed by atoms with van der Waals surface area (Å²) in [7, 11) is 3.22. The molecule has 4 aromatic rings. The second-order valence-corrected chi connectivity index (χ2v) is 12.7. The van der Waals surface area contributed by atoms with Crippen LogP contribution in [0.4, 0.5) is 15.3 Å². The van der Waals surface area contributed by atoms with Crippen molar-refractivity contribution >= 4 is 51.3 Å². The number of amides is 5. The number of para-hydroxylation sites is 1. The zero-order valence-corrected chi connectivity index (χ0v) is 31.1. The minimum Gasteiger partial charge on any atom is -0.465 e. The lowest BCUT2D eigenvalue weighted by Crippen LogP contribution is -2.56. The first-order chi connectivity index (χ1) is 25.5. The fraction of sp³-hybridized carbons (Fsp3) is 0.410. The van der Waals surface area contributed by atoms with Gasteiger partial charge in [0.2, 0.25) is 11.8 Å². The molecule has 53 heavy (non-hydrogen) atoms. The summed E-state index contributed by atoms with van der Waals surface area (Å²) in [5.74, 6) is -0.856. The third-order valence-corrected chi connectivity index (χ3v) is 8.82. The number of nitrogens with one attached hydrogen (secondary N) is 3. The molecule has 5 amide bonds. The summed E-state index contributed by atoms with van der Waals surface area (Å²) in [6.07, 6.45) is 0.949. The number of benzene rings is 3. The van der Waals surface area contributed by atoms with Gasteiger partial charge in [0.15, 0.2) is 6.29 Å². The number of aromatic nitrogens is 1. The van der Waals surface area contributed by atoms with Crippen molar-refractivity contribution in [1.29, 1.82) is 0 Å². The highest BCUT2D eigenvalue weighted by molar-refractivity contribution is 6.02. The highest BCUT2D eigenvalue weighted by atomic mass is 16.7. The first-order valence-corrected chi connectivity index (χ1v) is 17.9. The molecule has 0 aliphatic heterocycles. The molecule has 4 N–H and O–H groups in total. The van der Waals surface area contributed by atoms with Crippen molar-refractivity contribution in [2.75, 3.05) is 45.3 Å². The van der Waals surface area contributed by atoms with Crippen molar-refractivity contribution in [3.05, 3.63) is 84.6 Å². The van der Waals surface area contributed by atoms with Crippen LogP contribution < -0.4 is 21.0 Å². The first kappa shape index (κ1) is 40.5. The molecule has 14 heteroatoms. The molecule has 284 valence electrons. The number of nitrogens with zero attached hydrogens (tertiary/aromatic N) is 4. The van der Waals surface area contributed by atoms with Gasteiger partial charge in [-0.05, 0) is 63.1 Å². The van der Waals surface area contributed by atoms with Gasteiger partial charge in [-0.3, -0.25) is 24.9 Å². The number of pyridine rings is 1. The molecule has 0 bridgehead atoms. The Bertz CT molecular complexity index is 1820. The predicted octanol–water partition coefficient (Wildman–Crippen LogP) is 5.12. The van der Waals surface area contributed by atoms with Crippen LogP contribution >= 0.6 is 0 Å². The average Bonchev–Trinajstić information content (AvgIpc) is 3.15. The predicted molar refractivity (Wildman–Crippen MR) is 204 cm³/mol. The van der Waals surface area contributed by atoms with Crippen LogP contribution in [0.1, 0.15) is 45.6 Å². The molecular formula is C39H51N7O7. The second-order valence-electron chi connectivity index (χ2n) is 12.7. The fourth-order valence-corrected chi connectivity index (χ4v) is 6.17. The number of rotatable bonds is 19. The van der Waals surface area contributed by atoms with Crippen molar-refractivity contribution in [3.8, 4) is 0 Å². The van der Waals surface area contributed by atoms with E-state index in [9.17, 15) is 19.2 Å². The van der Waals surface area contributed by atoms with E-state index in [1.54, 1.807) is 25.2 Å². The van der Waals surface area contributed by atoms with Gasteiger partial charge in [0.1, 0.15) is 6.04 Å². The normalized spacial score (nSPS) is 12.4. The Balaban J connectivity index is 1.54. The third-order valence-electron chi connectivity index (χ3n) is 8.82. The summed E-state index contributed by atoms with van der Waals surface area (Å²) in [5, 5.41) is 18.4. The van der Waals surface area contributed by atoms with Crippen LogP contribution in [0, 0.1) is 0 Å². The van der Waals surface area contributed by atoms with Crippen molar-refractivity contribution < 1.29 is 33.8 Å². The zero-order chi connectivity index (χ0) is 38.3. The van der Waals surface area contributed by atoms with E-state index in [4.69, 9.17) is 14.6 Å². The SMILES string of the molecule is CCOC(OCC)[C@H](C)N(Cc1cccc2cccnc12)C(=O)[C@H](CCCCNC(=O)O)NC(=O)CN(C)NC(=O)N(C)c1cccc2ccccc12. The summed E-state index contributed by atoms with van der Waals surface area (Å²) in [6.45, 7) is 6.37. The van der Waals surface area contributed by atoms with Crippen LogP contribution in [0.25, 0.3) is 21.7 Å². The quantitative estimate of drug-likeness (QED) is 0.0583. The van der Waals surface area contributed by atoms with Gasteiger partial charge in [0.25, 0.3) is 0 Å². The summed E-state index contributed by atoms with van der Waals surface area (Å²) >= 11 is 0. The monoisotopic (exact) mass is 729 g/mol. The molecule has 2 atom stereocenters. The summed E-state index contributed by atoms with van der Waals surface area (Å²) in [5.41, 5.74) is 5.00. The minimum atomic E-state index is -1.14. The molecule has 3 aromatic carbocycles. The standard InChI is InChI=1S/C39H51N7O7/c1-6-52-37(53-7-2)27(3)46(25-30-18-12-17-29-19-14-24-40-35(29)30)36(48)32(21-10-11-23-41-39(50)51)42-34(47)26-44(4)43-38(49)45(5)33-22-13-16-28-15-8-9-20-31(28)33/h8-9,12-20,22,24,27,32,37,41H,6-7,10-11,21,23,25-26H2,1-5H3,(H,42,47)(H,43,49)(H,50,51)/t27-,32-/m0/s1. The smallest absolute Gasteiger partial charge is 0.404 e. The fourth-order valence-electron chi connectivity index (χ4n) is 6.17. The van der Waals surface area contributed by atoms with Gasteiger partial charge in [0, 0.05) is 57.4 Å². The number of ether oxygens (including phenoxy) is 2. The minimum absolute atomic E-state index is 0.161. The lowest BCUT2D eigenvalue weighted by atomic mass is 10.0. The van der Waals surface area contributed by atoms with E-state index in [1.807, 2.05) is 93.6 Å². The number of carboxylic acid groups (broad SMARTS) is 1. The van der Waals surface area contributed by atoms with Gasteiger partial charge in [-0.15, -0.1) is 0 Å². The molecule has 0 aliphatic carbocycles. The first-order valence-electron chi connectivity index (χ1n) is 17.9. The number of carbonyl (C=O) groups is 4. The molecule has 14 nitrogen and oxygen atoms in total. The van der Waals surface area contributed by atoms with E-state index < -0.39 is 36.4 Å². The molecule has 0 saturated carbocycles. The van der Waals surface area contributed by atoms with E-state index in [-0.39, 0.29) is 32.0 Å². The number of likely N-dealkylation sites (N-methyl/N-ethyl adjacent to an activating group) is 1. The Kier molecular flexibility index (Phi) is 15.3. The van der Waals surface area contributed by atoms with E-state index >= 15 is 0 Å². The number of carbonyl (C=O) groups excluding carboxylic acids is 3. The van der Waals surface area contributed by atoms with Gasteiger partial charge >= 0.3 is 12.1 Å². The Morgan fingerprint density at radius 1 is 0.868 bits per heavy atom. The van der Waals surface area contributed by atoms with Crippen LogP contribution in [0.5, 0.6) is 0 Å². The molecule has 0 aliphatic rings. The van der Waals surface area contributed by atoms with Gasteiger partial charge in [-0.25, -0.2) is 14.6 Å². The van der Waals surface area contributed by atoms with Crippen molar-refractivity contribution in [3.63, 3.8) is 0 Å². The van der Waals surface area contributed by atoms with Crippen LogP contribution in [0.2, 0.25) is 0 Å². The Morgan fingerprint density at radius 2 is 1.55 bits per heavy atom. The summed E-state index contributed by atoms with van der Waals surface area (Å²) in [4.78, 5) is 60.2. The van der Waals surface area contributed by atoms with E-state index in [1.165, 1.54) is 9.91 Å². The van der Waals surface area contributed by atoms with Crippen molar-refractivity contribution in [2.45, 2.75) is 65.0 Å². The second kappa shape index (κ2) is 20.1. The summed E-state index contributed by atoms with van der Waals surface area (Å²) < 4.78 is 11.9. The third kappa shape index (κ3) is 11.3. The molecule has 0 fully saturated rings. The van der Waals surface area contributed by atoms with Crippen molar-refractivity contribution in [2.24, 2.45) is 0 Å².